The van der Waals surface area contributed by atoms with Gasteiger partial charge in [0, 0.05) is 0 Å². The quantitative estimate of drug-likeness (QED) is 0.233. The van der Waals surface area contributed by atoms with Gasteiger partial charge in [-0.3, -0.25) is 0 Å². The third-order valence-electron chi connectivity index (χ3n) is 5.38. The van der Waals surface area contributed by atoms with E-state index in [1.807, 2.05) is 0 Å². The van der Waals surface area contributed by atoms with E-state index in [4.69, 9.17) is 0 Å². The molecule has 0 nitrogen and oxygen atoms in total. The predicted molar refractivity (Wildman–Crippen MR) is 126 cm³/mol. The molecule has 0 aliphatic heterocycles. The fraction of sp³-hybridized carbons (Fsp3) is 1.00. The Balaban J connectivity index is 4.62. The van der Waals surface area contributed by atoms with E-state index < -0.39 is 0 Å². The van der Waals surface area contributed by atoms with Crippen LogP contribution in [0.4, 0.5) is 0 Å². The van der Waals surface area contributed by atoms with Crippen molar-refractivity contribution in [3.8, 4) is 0 Å². The summed E-state index contributed by atoms with van der Waals surface area (Å²) in [7, 11) is 6.76. The lowest BCUT2D eigenvalue weighted by molar-refractivity contribution is 0.472. The van der Waals surface area contributed by atoms with Crippen molar-refractivity contribution in [2.24, 2.45) is 0 Å². The Morgan fingerprint density at radius 2 is 0.833 bits per heavy atom. The van der Waals surface area contributed by atoms with Crippen LogP contribution in [0.25, 0.3) is 0 Å². The Hall–Kier alpha value is 1.29. The molecule has 0 heterocycles. The minimum absolute atomic E-state index is 0.241. The minimum Gasteiger partial charge on any atom is -0.131 e. The molecule has 0 aromatic rings. The monoisotopic (exact) mass is 392 g/mol. The SMILES string of the molecule is CCCP(CCC(P)(CCC)CCC)CCC(P)(CCC)CCC. The van der Waals surface area contributed by atoms with Crippen LogP contribution < -0.4 is 0 Å². The number of hydrogen-bond donors (Lipinski definition) is 0. The largest absolute Gasteiger partial charge is 0.131 e. The van der Waals surface area contributed by atoms with Crippen molar-refractivity contribution in [1.29, 1.82) is 0 Å². The van der Waals surface area contributed by atoms with Crippen molar-refractivity contribution in [3.63, 3.8) is 0 Å². The first-order chi connectivity index (χ1) is 11.4. The lowest BCUT2D eigenvalue weighted by Gasteiger charge is -2.33. The van der Waals surface area contributed by atoms with E-state index in [9.17, 15) is 0 Å². The summed E-state index contributed by atoms with van der Waals surface area (Å²) in [5, 5.41) is 1.06. The van der Waals surface area contributed by atoms with E-state index in [2.05, 4.69) is 53.1 Å². The van der Waals surface area contributed by atoms with Crippen molar-refractivity contribution in [2.45, 2.75) is 116 Å². The van der Waals surface area contributed by atoms with Crippen LogP contribution in [-0.2, 0) is 0 Å². The third-order valence-corrected chi connectivity index (χ3v) is 9.91. The van der Waals surface area contributed by atoms with Crippen molar-refractivity contribution in [1.82, 2.24) is 0 Å². The predicted octanol–water partition coefficient (Wildman–Crippen LogP) is 8.09. The van der Waals surface area contributed by atoms with E-state index in [1.54, 1.807) is 0 Å². The summed E-state index contributed by atoms with van der Waals surface area (Å²) in [6.07, 6.45) is 19.6. The van der Waals surface area contributed by atoms with E-state index in [0.29, 0.717) is 10.3 Å². The van der Waals surface area contributed by atoms with Gasteiger partial charge < -0.3 is 0 Å². The minimum atomic E-state index is 0.241. The normalized spacial score (nSPS) is 13.0. The van der Waals surface area contributed by atoms with Gasteiger partial charge in [-0.25, -0.2) is 0 Å². The van der Waals surface area contributed by atoms with Gasteiger partial charge in [-0.2, -0.15) is 0 Å². The molecule has 0 radical (unpaired) electrons. The molecule has 0 aliphatic rings. The first-order valence-corrected chi connectivity index (χ1v) is 13.7. The van der Waals surface area contributed by atoms with Gasteiger partial charge in [0.1, 0.15) is 0 Å². The lowest BCUT2D eigenvalue weighted by atomic mass is 9.94. The average molecular weight is 393 g/mol. The summed E-state index contributed by atoms with van der Waals surface area (Å²) < 4.78 is 0. The second kappa shape index (κ2) is 14.4. The van der Waals surface area contributed by atoms with Crippen LogP contribution in [-0.4, -0.2) is 28.8 Å². The Morgan fingerprint density at radius 3 is 1.08 bits per heavy atom. The molecule has 146 valence electrons. The zero-order valence-electron chi connectivity index (χ0n) is 17.5. The van der Waals surface area contributed by atoms with Crippen LogP contribution in [0, 0.1) is 0 Å². The van der Waals surface area contributed by atoms with E-state index >= 15 is 0 Å². The van der Waals surface area contributed by atoms with Crippen molar-refractivity contribution in [2.75, 3.05) is 18.5 Å². The maximum atomic E-state index is 3.26. The molecule has 0 bridgehead atoms. The fourth-order valence-corrected chi connectivity index (χ4v) is 8.91. The van der Waals surface area contributed by atoms with Crippen molar-refractivity contribution < 1.29 is 0 Å². The molecule has 3 heteroatoms. The molecule has 24 heavy (non-hydrogen) atoms. The summed E-state index contributed by atoms with van der Waals surface area (Å²) >= 11 is 0. The maximum Gasteiger partial charge on any atom is -0.0147 e. The van der Waals surface area contributed by atoms with Crippen LogP contribution in [0.3, 0.4) is 0 Å². The van der Waals surface area contributed by atoms with E-state index in [0.717, 1.165) is 0 Å². The van der Waals surface area contributed by atoms with Crippen LogP contribution in [0.2, 0.25) is 0 Å². The number of hydrogen-bond acceptors (Lipinski definition) is 0. The van der Waals surface area contributed by atoms with Gasteiger partial charge in [-0.15, -0.1) is 26.4 Å². The smallest absolute Gasteiger partial charge is 0.0147 e. The van der Waals surface area contributed by atoms with Gasteiger partial charge in [0.25, 0.3) is 0 Å². The van der Waals surface area contributed by atoms with Gasteiger partial charge in [0.15, 0.2) is 0 Å². The van der Waals surface area contributed by atoms with Gasteiger partial charge in [-0.1, -0.05) is 66.7 Å². The highest BCUT2D eigenvalue weighted by Gasteiger charge is 2.26. The Morgan fingerprint density at radius 1 is 0.500 bits per heavy atom. The molecule has 0 spiro atoms. The summed E-state index contributed by atoms with van der Waals surface area (Å²) in [5.41, 5.74) is 0. The molecule has 0 rings (SSSR count). The highest BCUT2D eigenvalue weighted by atomic mass is 31.1. The molecule has 0 N–H and O–H groups in total. The molecule has 2 unspecified atom stereocenters. The van der Waals surface area contributed by atoms with Crippen molar-refractivity contribution >= 4 is 26.4 Å². The Bertz CT molecular complexity index is 253. The average Bonchev–Trinajstić information content (AvgIpc) is 2.51. The lowest BCUT2D eigenvalue weighted by Crippen LogP contribution is -2.24. The number of rotatable bonds is 16. The fourth-order valence-electron chi connectivity index (χ4n) is 4.15. The molecule has 0 fully saturated rings. The molecule has 0 aromatic carbocycles. The first-order valence-electron chi connectivity index (χ1n) is 10.7. The molecule has 0 aliphatic carbocycles. The molecule has 0 amide bonds. The zero-order valence-corrected chi connectivity index (χ0v) is 20.7. The topological polar surface area (TPSA) is 0 Å². The molecule has 0 aromatic heterocycles. The Labute approximate surface area is 160 Å². The molecular formula is C21H47P3. The van der Waals surface area contributed by atoms with Gasteiger partial charge in [0.05, 0.1) is 0 Å². The van der Waals surface area contributed by atoms with Gasteiger partial charge in [0.2, 0.25) is 0 Å². The molecule has 0 saturated heterocycles. The van der Waals surface area contributed by atoms with E-state index in [1.165, 1.54) is 89.1 Å². The van der Waals surface area contributed by atoms with Gasteiger partial charge in [-0.05, 0) is 67.3 Å². The van der Waals surface area contributed by atoms with Crippen molar-refractivity contribution in [3.05, 3.63) is 0 Å². The van der Waals surface area contributed by atoms with Gasteiger partial charge >= 0.3 is 0 Å². The first kappa shape index (κ1) is 25.3. The Kier molecular flexibility index (Phi) is 15.1. The third kappa shape index (κ3) is 11.1. The summed E-state index contributed by atoms with van der Waals surface area (Å²) in [6, 6.07) is 0. The molecule has 2 atom stereocenters. The standard InChI is InChI=1S/C21H47P3/c1-6-11-20(22,12-7-2)15-18-24(17-10-5)19-16-21(23,13-8-3)14-9-4/h6-19,22-23H2,1-5H3. The van der Waals surface area contributed by atoms with Crippen LogP contribution >= 0.6 is 26.4 Å². The second-order valence-corrected chi connectivity index (χ2v) is 13.2. The maximum absolute atomic E-state index is 3.26. The second-order valence-electron chi connectivity index (χ2n) is 8.07. The molecule has 0 saturated carbocycles. The highest BCUT2D eigenvalue weighted by Crippen LogP contribution is 2.46. The summed E-state index contributed by atoms with van der Waals surface area (Å²) in [6.45, 7) is 11.8. The summed E-state index contributed by atoms with van der Waals surface area (Å²) in [5.74, 6) is 0. The van der Waals surface area contributed by atoms with E-state index in [-0.39, 0.29) is 7.92 Å². The molecular weight excluding hydrogens is 345 g/mol. The van der Waals surface area contributed by atoms with Crippen LogP contribution in [0.15, 0.2) is 0 Å². The van der Waals surface area contributed by atoms with Crippen LogP contribution in [0.1, 0.15) is 105 Å². The zero-order chi connectivity index (χ0) is 18.5. The highest BCUT2D eigenvalue weighted by molar-refractivity contribution is 7.57. The van der Waals surface area contributed by atoms with Crippen LogP contribution in [0.5, 0.6) is 0 Å². The summed E-state index contributed by atoms with van der Waals surface area (Å²) in [4.78, 5) is 0.